The van der Waals surface area contributed by atoms with Crippen LogP contribution in [0.25, 0.3) is 0 Å². The molecular formula is C30H36ClN3O5S. The van der Waals surface area contributed by atoms with Crippen molar-refractivity contribution in [3.63, 3.8) is 0 Å². The summed E-state index contributed by atoms with van der Waals surface area (Å²) in [5, 5.41) is 3.20. The number of nitrogens with one attached hydrogen (secondary N) is 1. The number of hydrogen-bond acceptors (Lipinski definition) is 5. The Kier molecular flexibility index (Phi) is 10.6. The summed E-state index contributed by atoms with van der Waals surface area (Å²) in [5.74, 6) is -0.660. The summed E-state index contributed by atoms with van der Waals surface area (Å²) < 4.78 is 34.3. The van der Waals surface area contributed by atoms with Crippen LogP contribution < -0.4 is 14.4 Å². The second-order valence-electron chi connectivity index (χ2n) is 9.65. The van der Waals surface area contributed by atoms with Gasteiger partial charge in [-0.15, -0.1) is 0 Å². The summed E-state index contributed by atoms with van der Waals surface area (Å²) in [7, 11) is -2.82. The Balaban J connectivity index is 2.08. The van der Waals surface area contributed by atoms with Gasteiger partial charge >= 0.3 is 0 Å². The molecule has 2 atom stereocenters. The van der Waals surface area contributed by atoms with E-state index in [1.807, 2.05) is 45.0 Å². The summed E-state index contributed by atoms with van der Waals surface area (Å²) in [5.41, 5.74) is 1.92. The molecule has 1 N–H and O–H groups in total. The van der Waals surface area contributed by atoms with Crippen molar-refractivity contribution in [1.82, 2.24) is 10.2 Å². The number of nitrogens with zero attached hydrogens (tertiary/aromatic N) is 2. The highest BCUT2D eigenvalue weighted by atomic mass is 35.5. The molecule has 3 aromatic rings. The van der Waals surface area contributed by atoms with Crippen LogP contribution in [0.5, 0.6) is 5.75 Å². The first kappa shape index (κ1) is 31.0. The zero-order valence-electron chi connectivity index (χ0n) is 23.4. The first-order valence-corrected chi connectivity index (χ1v) is 14.9. The third-order valence-electron chi connectivity index (χ3n) is 6.62. The van der Waals surface area contributed by atoms with Crippen LogP contribution in [0.1, 0.15) is 38.3 Å². The van der Waals surface area contributed by atoms with Crippen molar-refractivity contribution in [1.29, 1.82) is 0 Å². The minimum Gasteiger partial charge on any atom is -0.495 e. The summed E-state index contributed by atoms with van der Waals surface area (Å²) in [6.45, 7) is 6.95. The van der Waals surface area contributed by atoms with Gasteiger partial charge in [-0.2, -0.15) is 0 Å². The molecule has 2 amide bonds. The topological polar surface area (TPSA) is 96.0 Å². The fourth-order valence-electron chi connectivity index (χ4n) is 4.15. The molecule has 0 unspecified atom stereocenters. The van der Waals surface area contributed by atoms with Gasteiger partial charge in [-0.3, -0.25) is 13.9 Å². The molecular weight excluding hydrogens is 550 g/mol. The normalized spacial score (nSPS) is 12.8. The van der Waals surface area contributed by atoms with Crippen molar-refractivity contribution in [2.45, 2.75) is 57.6 Å². The van der Waals surface area contributed by atoms with Gasteiger partial charge in [-0.05, 0) is 63.1 Å². The molecule has 10 heteroatoms. The smallest absolute Gasteiger partial charge is 0.264 e. The number of methoxy groups -OCH3 is 1. The zero-order chi connectivity index (χ0) is 29.4. The molecule has 0 spiro atoms. The number of amides is 2. The van der Waals surface area contributed by atoms with Gasteiger partial charge in [0.05, 0.1) is 17.7 Å². The molecule has 40 heavy (non-hydrogen) atoms. The van der Waals surface area contributed by atoms with E-state index in [-0.39, 0.29) is 39.8 Å². The molecule has 0 saturated heterocycles. The summed E-state index contributed by atoms with van der Waals surface area (Å²) in [6.07, 6.45) is 0.724. The van der Waals surface area contributed by atoms with Crippen LogP contribution in [-0.4, -0.2) is 50.9 Å². The maximum Gasteiger partial charge on any atom is 0.264 e. The Labute approximate surface area is 241 Å². The largest absolute Gasteiger partial charge is 0.495 e. The Bertz CT molecular complexity index is 1430. The van der Waals surface area contributed by atoms with E-state index >= 15 is 0 Å². The summed E-state index contributed by atoms with van der Waals surface area (Å²) in [6, 6.07) is 19.0. The van der Waals surface area contributed by atoms with Gasteiger partial charge in [-0.1, -0.05) is 66.6 Å². The van der Waals surface area contributed by atoms with E-state index < -0.39 is 28.5 Å². The van der Waals surface area contributed by atoms with Gasteiger partial charge < -0.3 is 15.0 Å². The quantitative estimate of drug-likeness (QED) is 0.316. The van der Waals surface area contributed by atoms with Crippen molar-refractivity contribution in [2.75, 3.05) is 18.0 Å². The SMILES string of the molecule is CC[C@H](C)NC(=O)[C@@H](C)N(Cc1cccc(C)c1)C(=O)CN(c1cc(Cl)ccc1OC)S(=O)(=O)c1ccccc1. The molecule has 3 aromatic carbocycles. The van der Waals surface area contributed by atoms with Gasteiger partial charge in [0.1, 0.15) is 18.3 Å². The van der Waals surface area contributed by atoms with Crippen molar-refractivity contribution in [2.24, 2.45) is 0 Å². The van der Waals surface area contributed by atoms with E-state index in [4.69, 9.17) is 16.3 Å². The number of aryl methyl sites for hydroxylation is 1. The average molecular weight is 586 g/mol. The standard InChI is InChI=1S/C30H36ClN3O5S/c1-6-22(3)32-30(36)23(4)33(19-24-12-10-11-21(2)17-24)29(35)20-34(27-18-25(31)15-16-28(27)39-5)40(37,38)26-13-8-7-9-14-26/h7-18,22-23H,6,19-20H2,1-5H3,(H,32,36)/t22-,23+/m0/s1. The first-order chi connectivity index (χ1) is 19.0. The molecule has 0 aliphatic rings. The molecule has 8 nitrogen and oxygen atoms in total. The predicted molar refractivity (Wildman–Crippen MR) is 158 cm³/mol. The van der Waals surface area contributed by atoms with Crippen molar-refractivity contribution in [3.8, 4) is 5.75 Å². The molecule has 0 aliphatic carbocycles. The van der Waals surface area contributed by atoms with E-state index in [1.54, 1.807) is 37.3 Å². The lowest BCUT2D eigenvalue weighted by Crippen LogP contribution is -2.52. The number of rotatable bonds is 12. The Morgan fingerprint density at radius 2 is 1.70 bits per heavy atom. The van der Waals surface area contributed by atoms with Gasteiger partial charge in [-0.25, -0.2) is 8.42 Å². The zero-order valence-corrected chi connectivity index (χ0v) is 25.0. The highest BCUT2D eigenvalue weighted by molar-refractivity contribution is 7.92. The molecule has 0 aromatic heterocycles. The summed E-state index contributed by atoms with van der Waals surface area (Å²) in [4.78, 5) is 28.6. The van der Waals surface area contributed by atoms with Crippen molar-refractivity contribution >= 4 is 39.1 Å². The van der Waals surface area contributed by atoms with Crippen LogP contribution in [0.3, 0.4) is 0 Å². The molecule has 0 radical (unpaired) electrons. The maximum absolute atomic E-state index is 14.0. The lowest BCUT2D eigenvalue weighted by molar-refractivity contribution is -0.139. The number of hydrogen-bond donors (Lipinski definition) is 1. The molecule has 0 bridgehead atoms. The minimum absolute atomic E-state index is 0.00220. The Morgan fingerprint density at radius 3 is 2.33 bits per heavy atom. The highest BCUT2D eigenvalue weighted by Crippen LogP contribution is 2.35. The Morgan fingerprint density at radius 1 is 1.00 bits per heavy atom. The molecule has 3 rings (SSSR count). The van der Waals surface area contributed by atoms with E-state index in [2.05, 4.69) is 5.32 Å². The summed E-state index contributed by atoms with van der Waals surface area (Å²) >= 11 is 6.26. The third kappa shape index (κ3) is 7.55. The van der Waals surface area contributed by atoms with Crippen LogP contribution in [0.4, 0.5) is 5.69 Å². The predicted octanol–water partition coefficient (Wildman–Crippen LogP) is 5.18. The van der Waals surface area contributed by atoms with Gasteiger partial charge in [0.2, 0.25) is 11.8 Å². The first-order valence-electron chi connectivity index (χ1n) is 13.0. The number of carbonyl (C=O) groups is 2. The second-order valence-corrected chi connectivity index (χ2v) is 11.9. The van der Waals surface area contributed by atoms with Crippen molar-refractivity contribution < 1.29 is 22.7 Å². The van der Waals surface area contributed by atoms with Gasteiger partial charge in [0, 0.05) is 17.6 Å². The van der Waals surface area contributed by atoms with E-state index in [0.717, 1.165) is 21.9 Å². The van der Waals surface area contributed by atoms with E-state index in [0.29, 0.717) is 0 Å². The number of anilines is 1. The number of ether oxygens (including phenoxy) is 1. The fraction of sp³-hybridized carbons (Fsp3) is 0.333. The van der Waals surface area contributed by atoms with Crippen molar-refractivity contribution in [3.05, 3.63) is 88.9 Å². The highest BCUT2D eigenvalue weighted by Gasteiger charge is 2.34. The number of halogens is 1. The lowest BCUT2D eigenvalue weighted by atomic mass is 10.1. The monoisotopic (exact) mass is 585 g/mol. The Hall–Kier alpha value is -3.56. The molecule has 0 aliphatic heterocycles. The molecule has 0 heterocycles. The number of sulfonamides is 1. The van der Waals surface area contributed by atoms with E-state index in [9.17, 15) is 18.0 Å². The van der Waals surface area contributed by atoms with Gasteiger partial charge in [0.15, 0.2) is 0 Å². The van der Waals surface area contributed by atoms with Gasteiger partial charge in [0.25, 0.3) is 10.0 Å². The van der Waals surface area contributed by atoms with Crippen LogP contribution in [-0.2, 0) is 26.2 Å². The van der Waals surface area contributed by atoms with Crippen LogP contribution in [0.2, 0.25) is 5.02 Å². The van der Waals surface area contributed by atoms with E-state index in [1.165, 1.54) is 30.2 Å². The average Bonchev–Trinajstić information content (AvgIpc) is 2.94. The molecule has 0 fully saturated rings. The minimum atomic E-state index is -4.23. The number of carbonyl (C=O) groups excluding carboxylic acids is 2. The fourth-order valence-corrected chi connectivity index (χ4v) is 5.75. The second kappa shape index (κ2) is 13.7. The lowest BCUT2D eigenvalue weighted by Gasteiger charge is -2.33. The van der Waals surface area contributed by atoms with Crippen LogP contribution in [0, 0.1) is 6.92 Å². The van der Waals surface area contributed by atoms with Crippen LogP contribution >= 0.6 is 11.6 Å². The molecule has 214 valence electrons. The molecule has 0 saturated carbocycles. The third-order valence-corrected chi connectivity index (χ3v) is 8.63. The maximum atomic E-state index is 14.0. The number of benzene rings is 3. The van der Waals surface area contributed by atoms with Crippen LogP contribution in [0.15, 0.2) is 77.7 Å².